The van der Waals surface area contributed by atoms with Crippen LogP contribution in [0.25, 0.3) is 0 Å². The second-order valence-electron chi connectivity index (χ2n) is 9.99. The Hall–Kier alpha value is 0.0200. The Labute approximate surface area is 207 Å². The van der Waals surface area contributed by atoms with Crippen molar-refractivity contribution in [2.45, 2.75) is 143 Å². The second kappa shape index (κ2) is 20.2. The van der Waals surface area contributed by atoms with Gasteiger partial charge in [0.1, 0.15) is 0 Å². The summed E-state index contributed by atoms with van der Waals surface area (Å²) in [6.07, 6.45) is 19.0. The largest absolute Gasteiger partial charge is 0.309 e. The third-order valence-corrected chi connectivity index (χ3v) is 10.1. The van der Waals surface area contributed by atoms with Crippen LogP contribution in [0.15, 0.2) is 0 Å². The van der Waals surface area contributed by atoms with Gasteiger partial charge in [-0.1, -0.05) is 130 Å². The van der Waals surface area contributed by atoms with E-state index in [2.05, 4.69) is 27.7 Å². The average Bonchev–Trinajstić information content (AvgIpc) is 2.75. The van der Waals surface area contributed by atoms with Crippen LogP contribution in [0, 0.1) is 11.8 Å². The van der Waals surface area contributed by atoms with Gasteiger partial charge >= 0.3 is 0 Å². The maximum Gasteiger partial charge on any atom is 0.280 e. The van der Waals surface area contributed by atoms with Crippen molar-refractivity contribution in [3.05, 3.63) is 0 Å². The molecule has 0 aliphatic carbocycles. The quantitative estimate of drug-likeness (QED) is 0.101. The highest BCUT2D eigenvalue weighted by atomic mass is 32.3. The summed E-state index contributed by atoms with van der Waals surface area (Å²) in [5.74, 6) is 0.498. The fraction of sp³-hybridized carbons (Fsp3) is 1.00. The highest BCUT2D eigenvalue weighted by Crippen LogP contribution is 2.25. The van der Waals surface area contributed by atoms with Gasteiger partial charge < -0.3 is 4.55 Å². The number of unbranched alkanes of at least 4 members (excludes halogenated alkanes) is 8. The van der Waals surface area contributed by atoms with Crippen LogP contribution < -0.4 is 0 Å². The maximum atomic E-state index is 12.6. The van der Waals surface area contributed by atoms with Gasteiger partial charge in [-0.3, -0.25) is 0 Å². The van der Waals surface area contributed by atoms with Crippen molar-refractivity contribution in [2.24, 2.45) is 11.8 Å². The molecule has 0 fully saturated rings. The van der Waals surface area contributed by atoms with Gasteiger partial charge in [-0.05, 0) is 24.7 Å². The van der Waals surface area contributed by atoms with Crippen LogP contribution in [-0.2, 0) is 24.2 Å². The molecular formula is C26H56O5S2. The minimum absolute atomic E-state index is 0.0641. The molecule has 0 amide bonds. The number of rotatable bonds is 24. The van der Waals surface area contributed by atoms with Crippen molar-refractivity contribution < 1.29 is 20.8 Å². The van der Waals surface area contributed by atoms with E-state index in [0.717, 1.165) is 70.6 Å². The van der Waals surface area contributed by atoms with E-state index in [9.17, 15) is 17.2 Å². The molecule has 0 aliphatic rings. The van der Waals surface area contributed by atoms with E-state index in [-0.39, 0.29) is 11.5 Å². The molecule has 0 radical (unpaired) electrons. The third-order valence-electron chi connectivity index (χ3n) is 6.69. The summed E-state index contributed by atoms with van der Waals surface area (Å²) < 4.78 is 52.8. The Bertz CT molecular complexity index is 581. The average molecular weight is 513 g/mol. The van der Waals surface area contributed by atoms with Gasteiger partial charge in [-0.25, -0.2) is 4.21 Å². The van der Waals surface area contributed by atoms with Gasteiger partial charge in [0.15, 0.2) is 0 Å². The lowest BCUT2D eigenvalue weighted by Gasteiger charge is -2.22. The summed E-state index contributed by atoms with van der Waals surface area (Å²) in [6.45, 7) is 8.67. The standard InChI is InChI=1S/C26H56O5S2/c1-5-9-13-16-20-25(17-12-8-4)21-23-32(27,28)31-33(29,30)24-22-26(18-14-10-6-2)19-15-11-7-3/h25-26,33H,5-24H2,1-4H3,(H,29,30). The van der Waals surface area contributed by atoms with Crippen molar-refractivity contribution in [3.63, 3.8) is 0 Å². The predicted octanol–water partition coefficient (Wildman–Crippen LogP) is 8.07. The molecule has 0 rings (SSSR count). The first-order valence-electron chi connectivity index (χ1n) is 13.9. The van der Waals surface area contributed by atoms with Crippen molar-refractivity contribution in [1.29, 1.82) is 0 Å². The van der Waals surface area contributed by atoms with Gasteiger partial charge in [-0.15, -0.1) is 0 Å². The molecular weight excluding hydrogens is 456 g/mol. The zero-order valence-corrected chi connectivity index (χ0v) is 23.9. The SMILES string of the molecule is CCCCCCC(CCCC)CCS(=O)(=O)O[SH](=O)(O)CCC(CCCCC)CCCCC. The molecule has 0 spiro atoms. The number of hydrogen-bond donors (Lipinski definition) is 2. The van der Waals surface area contributed by atoms with E-state index in [0.29, 0.717) is 24.7 Å². The first kappa shape index (κ1) is 33.0. The molecule has 202 valence electrons. The summed E-state index contributed by atoms with van der Waals surface area (Å²) in [5, 5.41) is 0. The predicted molar refractivity (Wildman–Crippen MR) is 145 cm³/mol. The Morgan fingerprint density at radius 3 is 1.58 bits per heavy atom. The summed E-state index contributed by atoms with van der Waals surface area (Å²) in [5.41, 5.74) is 0. The minimum atomic E-state index is -4.15. The monoisotopic (exact) mass is 512 g/mol. The Morgan fingerprint density at radius 1 is 0.636 bits per heavy atom. The fourth-order valence-electron chi connectivity index (χ4n) is 4.49. The Balaban J connectivity index is 4.69. The molecule has 0 saturated carbocycles. The van der Waals surface area contributed by atoms with E-state index < -0.39 is 20.6 Å². The molecule has 5 nitrogen and oxygen atoms in total. The van der Waals surface area contributed by atoms with Crippen LogP contribution in [0.2, 0.25) is 0 Å². The molecule has 33 heavy (non-hydrogen) atoms. The molecule has 0 aromatic heterocycles. The van der Waals surface area contributed by atoms with Crippen LogP contribution >= 0.6 is 0 Å². The van der Waals surface area contributed by atoms with Crippen LogP contribution in [0.1, 0.15) is 143 Å². The lowest BCUT2D eigenvalue weighted by atomic mass is 9.93. The molecule has 0 aromatic rings. The zero-order valence-electron chi connectivity index (χ0n) is 22.2. The molecule has 0 bridgehead atoms. The lowest BCUT2D eigenvalue weighted by Crippen LogP contribution is -2.27. The van der Waals surface area contributed by atoms with E-state index in [1.165, 1.54) is 32.1 Å². The number of hydrogen-bond acceptors (Lipinski definition) is 4. The van der Waals surface area contributed by atoms with Crippen LogP contribution in [-0.4, -0.2) is 28.7 Å². The summed E-state index contributed by atoms with van der Waals surface area (Å²) in [4.78, 5) is 0. The normalized spacial score (nSPS) is 14.1. The molecule has 1 atom stereocenters. The van der Waals surface area contributed by atoms with Crippen molar-refractivity contribution in [2.75, 3.05) is 11.5 Å². The second-order valence-corrected chi connectivity index (χ2v) is 13.8. The molecule has 0 aromatic carbocycles. The molecule has 1 N–H and O–H groups in total. The summed E-state index contributed by atoms with van der Waals surface area (Å²) >= 11 is 0. The minimum Gasteiger partial charge on any atom is -0.309 e. The van der Waals surface area contributed by atoms with Gasteiger partial charge in [0.25, 0.3) is 10.1 Å². The topological polar surface area (TPSA) is 80.7 Å². The van der Waals surface area contributed by atoms with Gasteiger partial charge in [0.05, 0.1) is 16.2 Å². The molecule has 7 heteroatoms. The van der Waals surface area contributed by atoms with E-state index in [1.807, 2.05) is 0 Å². The van der Waals surface area contributed by atoms with Crippen LogP contribution in [0.4, 0.5) is 0 Å². The van der Waals surface area contributed by atoms with Crippen molar-refractivity contribution in [1.82, 2.24) is 0 Å². The number of thiol groups is 1. The van der Waals surface area contributed by atoms with Crippen LogP contribution in [0.5, 0.6) is 0 Å². The summed E-state index contributed by atoms with van der Waals surface area (Å²) in [7, 11) is -8.14. The van der Waals surface area contributed by atoms with Crippen LogP contribution in [0.3, 0.4) is 0 Å². The molecule has 0 heterocycles. The first-order chi connectivity index (χ1) is 15.7. The van der Waals surface area contributed by atoms with E-state index >= 15 is 0 Å². The van der Waals surface area contributed by atoms with Crippen molar-refractivity contribution in [3.8, 4) is 0 Å². The smallest absolute Gasteiger partial charge is 0.280 e. The molecule has 1 unspecified atom stereocenters. The van der Waals surface area contributed by atoms with E-state index in [1.54, 1.807) is 0 Å². The highest BCUT2D eigenvalue weighted by Gasteiger charge is 2.24. The third kappa shape index (κ3) is 20.0. The van der Waals surface area contributed by atoms with E-state index in [4.69, 9.17) is 3.63 Å². The summed E-state index contributed by atoms with van der Waals surface area (Å²) in [6, 6.07) is 0. The first-order valence-corrected chi connectivity index (χ1v) is 17.3. The molecule has 0 aliphatic heterocycles. The Kier molecular flexibility index (Phi) is 20.2. The molecule has 0 saturated heterocycles. The van der Waals surface area contributed by atoms with Gasteiger partial charge in [0, 0.05) is 5.75 Å². The Morgan fingerprint density at radius 2 is 1.06 bits per heavy atom. The zero-order chi connectivity index (χ0) is 25.0. The van der Waals surface area contributed by atoms with Crippen molar-refractivity contribution >= 4 is 20.6 Å². The highest BCUT2D eigenvalue weighted by molar-refractivity contribution is 8.03. The fourth-order valence-corrected chi connectivity index (χ4v) is 7.82. The van der Waals surface area contributed by atoms with Gasteiger partial charge in [0.2, 0.25) is 0 Å². The lowest BCUT2D eigenvalue weighted by molar-refractivity contribution is 0.375. The maximum absolute atomic E-state index is 12.6. The van der Waals surface area contributed by atoms with Gasteiger partial charge in [-0.2, -0.15) is 12.0 Å².